The van der Waals surface area contributed by atoms with E-state index in [0.29, 0.717) is 12.8 Å². The third kappa shape index (κ3) is 44.3. The Morgan fingerprint density at radius 2 is 0.768 bits per heavy atom. The van der Waals surface area contributed by atoms with Gasteiger partial charge in [-0.15, -0.1) is 0 Å². The highest BCUT2D eigenvalue weighted by Crippen LogP contribution is 2.15. The van der Waals surface area contributed by atoms with Crippen molar-refractivity contribution in [3.8, 4) is 0 Å². The molecule has 5 heteroatoms. The normalized spacial score (nSPS) is 12.7. The number of aliphatic hydroxyl groups is 1. The molecule has 0 aromatic rings. The van der Waals surface area contributed by atoms with Crippen LogP contribution in [0.15, 0.2) is 60.8 Å². The number of esters is 2. The summed E-state index contributed by atoms with van der Waals surface area (Å²) in [6.45, 7) is 4.03. The molecular formula is C51H90O5. The second-order valence-electron chi connectivity index (χ2n) is 15.8. The van der Waals surface area contributed by atoms with Crippen LogP contribution < -0.4 is 0 Å². The standard InChI is InChI=1S/C51H90O5/c1-3-5-7-9-11-13-15-17-19-21-22-23-24-25-26-27-28-30-32-34-36-38-40-42-44-46-51(54)56-49(47-52)48-55-50(53)45-43-41-39-37-35-33-31-29-20-18-16-14-12-10-8-6-4-2/h5,7,11,13,17-20,22-23,49,52H,3-4,6,8-10,12,14-16,21,24-48H2,1-2H3/b7-5-,13-11-,19-17-,20-18-,23-22-. The fourth-order valence-electron chi connectivity index (χ4n) is 6.72. The number of hydrogen-bond donors (Lipinski definition) is 1. The molecule has 0 heterocycles. The van der Waals surface area contributed by atoms with Gasteiger partial charge in [0.1, 0.15) is 6.61 Å². The van der Waals surface area contributed by atoms with Gasteiger partial charge in [-0.05, 0) is 77.0 Å². The molecule has 1 N–H and O–H groups in total. The third-order valence-electron chi connectivity index (χ3n) is 10.3. The quantitative estimate of drug-likeness (QED) is 0.0379. The van der Waals surface area contributed by atoms with E-state index in [0.717, 1.165) is 64.2 Å². The van der Waals surface area contributed by atoms with Gasteiger partial charge in [-0.25, -0.2) is 0 Å². The van der Waals surface area contributed by atoms with Crippen LogP contribution in [0.2, 0.25) is 0 Å². The Hall–Kier alpha value is -2.40. The van der Waals surface area contributed by atoms with Crippen LogP contribution in [0.3, 0.4) is 0 Å². The van der Waals surface area contributed by atoms with Crippen LogP contribution in [0.1, 0.15) is 232 Å². The topological polar surface area (TPSA) is 72.8 Å². The highest BCUT2D eigenvalue weighted by molar-refractivity contribution is 5.70. The first-order chi connectivity index (χ1) is 27.6. The van der Waals surface area contributed by atoms with Gasteiger partial charge in [-0.1, -0.05) is 203 Å². The van der Waals surface area contributed by atoms with Gasteiger partial charge in [-0.3, -0.25) is 9.59 Å². The Balaban J connectivity index is 3.52. The molecule has 0 rings (SSSR count). The Bertz CT molecular complexity index is 977. The molecule has 0 bridgehead atoms. The van der Waals surface area contributed by atoms with Gasteiger partial charge in [0, 0.05) is 12.8 Å². The zero-order chi connectivity index (χ0) is 40.7. The lowest BCUT2D eigenvalue weighted by Gasteiger charge is -2.15. The van der Waals surface area contributed by atoms with Crippen molar-refractivity contribution in [1.82, 2.24) is 0 Å². The van der Waals surface area contributed by atoms with Gasteiger partial charge in [0.15, 0.2) is 6.10 Å². The lowest BCUT2D eigenvalue weighted by molar-refractivity contribution is -0.161. The van der Waals surface area contributed by atoms with Gasteiger partial charge in [-0.2, -0.15) is 0 Å². The van der Waals surface area contributed by atoms with E-state index in [-0.39, 0.29) is 25.2 Å². The second-order valence-corrected chi connectivity index (χ2v) is 15.8. The Kier molecular flexibility index (Phi) is 45.0. The van der Waals surface area contributed by atoms with Gasteiger partial charge in [0.25, 0.3) is 0 Å². The Morgan fingerprint density at radius 1 is 0.429 bits per heavy atom. The SMILES string of the molecule is CC/C=C\C/C=C\C/C=C\C/C=C\CCCCCCCCCCCCCCC(=O)OC(CO)COC(=O)CCCCCCCCC/C=C\CCCCCCCC. The molecule has 1 atom stereocenters. The number of hydrogen-bond acceptors (Lipinski definition) is 5. The average Bonchev–Trinajstić information content (AvgIpc) is 3.20. The molecular weight excluding hydrogens is 693 g/mol. The summed E-state index contributed by atoms with van der Waals surface area (Å²) in [4.78, 5) is 24.4. The molecule has 0 aliphatic heterocycles. The third-order valence-corrected chi connectivity index (χ3v) is 10.3. The zero-order valence-electron chi connectivity index (χ0n) is 36.9. The molecule has 5 nitrogen and oxygen atoms in total. The molecule has 0 saturated carbocycles. The van der Waals surface area contributed by atoms with Crippen LogP contribution in [-0.2, 0) is 19.1 Å². The van der Waals surface area contributed by atoms with Crippen molar-refractivity contribution in [3.63, 3.8) is 0 Å². The minimum absolute atomic E-state index is 0.0689. The minimum atomic E-state index is -0.776. The summed E-state index contributed by atoms with van der Waals surface area (Å²) < 4.78 is 10.7. The lowest BCUT2D eigenvalue weighted by atomic mass is 10.0. The minimum Gasteiger partial charge on any atom is -0.462 e. The Labute approximate surface area is 347 Å². The highest BCUT2D eigenvalue weighted by Gasteiger charge is 2.16. The van der Waals surface area contributed by atoms with Crippen molar-refractivity contribution in [3.05, 3.63) is 60.8 Å². The molecule has 0 aromatic carbocycles. The molecule has 0 saturated heterocycles. The van der Waals surface area contributed by atoms with Crippen molar-refractivity contribution in [2.45, 2.75) is 238 Å². The Morgan fingerprint density at radius 3 is 1.18 bits per heavy atom. The van der Waals surface area contributed by atoms with E-state index in [9.17, 15) is 14.7 Å². The van der Waals surface area contributed by atoms with Gasteiger partial charge in [0.05, 0.1) is 6.61 Å². The summed E-state index contributed by atoms with van der Waals surface area (Å²) in [6.07, 6.45) is 61.6. The zero-order valence-corrected chi connectivity index (χ0v) is 36.9. The largest absolute Gasteiger partial charge is 0.462 e. The molecule has 0 spiro atoms. The first-order valence-electron chi connectivity index (χ1n) is 23.8. The maximum absolute atomic E-state index is 12.2. The van der Waals surface area contributed by atoms with E-state index < -0.39 is 6.10 Å². The van der Waals surface area contributed by atoms with Crippen molar-refractivity contribution in [2.75, 3.05) is 13.2 Å². The van der Waals surface area contributed by atoms with Gasteiger partial charge >= 0.3 is 11.9 Å². The van der Waals surface area contributed by atoms with E-state index >= 15 is 0 Å². The van der Waals surface area contributed by atoms with E-state index in [1.54, 1.807) is 0 Å². The lowest BCUT2D eigenvalue weighted by Crippen LogP contribution is -2.28. The molecule has 0 fully saturated rings. The van der Waals surface area contributed by atoms with Crippen molar-refractivity contribution < 1.29 is 24.2 Å². The van der Waals surface area contributed by atoms with E-state index in [1.165, 1.54) is 141 Å². The monoisotopic (exact) mass is 783 g/mol. The number of unbranched alkanes of at least 4 members (excludes halogenated alkanes) is 25. The maximum Gasteiger partial charge on any atom is 0.306 e. The van der Waals surface area contributed by atoms with E-state index in [2.05, 4.69) is 74.6 Å². The van der Waals surface area contributed by atoms with E-state index in [1.807, 2.05) is 0 Å². The van der Waals surface area contributed by atoms with Crippen LogP contribution in [0, 0.1) is 0 Å². The summed E-state index contributed by atoms with van der Waals surface area (Å²) in [5.41, 5.74) is 0. The van der Waals surface area contributed by atoms with Crippen LogP contribution in [-0.4, -0.2) is 36.4 Å². The molecule has 0 aromatic heterocycles. The molecule has 56 heavy (non-hydrogen) atoms. The van der Waals surface area contributed by atoms with Crippen molar-refractivity contribution in [1.29, 1.82) is 0 Å². The summed E-state index contributed by atoms with van der Waals surface area (Å²) in [5.74, 6) is -0.594. The van der Waals surface area contributed by atoms with Crippen molar-refractivity contribution >= 4 is 11.9 Å². The fraction of sp³-hybridized carbons (Fsp3) is 0.765. The van der Waals surface area contributed by atoms with E-state index in [4.69, 9.17) is 9.47 Å². The molecule has 0 aliphatic carbocycles. The summed E-state index contributed by atoms with van der Waals surface area (Å²) >= 11 is 0. The average molecular weight is 783 g/mol. The number of ether oxygens (including phenoxy) is 2. The number of carbonyl (C=O) groups is 2. The predicted molar refractivity (Wildman–Crippen MR) is 242 cm³/mol. The molecule has 0 radical (unpaired) electrons. The summed E-state index contributed by atoms with van der Waals surface area (Å²) in [5, 5.41) is 9.61. The molecule has 324 valence electrons. The highest BCUT2D eigenvalue weighted by atomic mass is 16.6. The van der Waals surface area contributed by atoms with Crippen LogP contribution >= 0.6 is 0 Å². The molecule has 1 unspecified atom stereocenters. The second kappa shape index (κ2) is 47.0. The number of carbonyl (C=O) groups excluding carboxylic acids is 2. The van der Waals surface area contributed by atoms with Crippen LogP contribution in [0.25, 0.3) is 0 Å². The molecule has 0 amide bonds. The number of allylic oxidation sites excluding steroid dienone is 10. The van der Waals surface area contributed by atoms with Gasteiger partial charge < -0.3 is 14.6 Å². The van der Waals surface area contributed by atoms with Gasteiger partial charge in [0.2, 0.25) is 0 Å². The van der Waals surface area contributed by atoms with Crippen LogP contribution in [0.4, 0.5) is 0 Å². The first kappa shape index (κ1) is 53.6. The van der Waals surface area contributed by atoms with Crippen molar-refractivity contribution in [2.24, 2.45) is 0 Å². The first-order valence-corrected chi connectivity index (χ1v) is 23.8. The number of rotatable bonds is 43. The fourth-order valence-corrected chi connectivity index (χ4v) is 6.72. The van der Waals surface area contributed by atoms with Crippen LogP contribution in [0.5, 0.6) is 0 Å². The smallest absolute Gasteiger partial charge is 0.306 e. The predicted octanol–water partition coefficient (Wildman–Crippen LogP) is 15.5. The summed E-state index contributed by atoms with van der Waals surface area (Å²) in [7, 11) is 0. The summed E-state index contributed by atoms with van der Waals surface area (Å²) in [6, 6.07) is 0. The maximum atomic E-state index is 12.2. The molecule has 0 aliphatic rings. The number of aliphatic hydroxyl groups excluding tert-OH is 1.